The van der Waals surface area contributed by atoms with Gasteiger partial charge in [-0.25, -0.2) is 14.8 Å². The molecular formula is C24H21N5O3S. The number of hydrogen-bond donors (Lipinski definition) is 3. The van der Waals surface area contributed by atoms with Gasteiger partial charge in [-0.2, -0.15) is 11.3 Å². The third-order valence-electron chi connectivity index (χ3n) is 5.46. The highest BCUT2D eigenvalue weighted by molar-refractivity contribution is 7.08. The average molecular weight is 460 g/mol. The van der Waals surface area contributed by atoms with Crippen molar-refractivity contribution in [3.05, 3.63) is 76.0 Å². The maximum Gasteiger partial charge on any atom is 0.355 e. The molecule has 166 valence electrons. The number of hydrogen-bond acceptors (Lipinski definition) is 5. The van der Waals surface area contributed by atoms with E-state index in [1.165, 1.54) is 15.7 Å². The van der Waals surface area contributed by atoms with Gasteiger partial charge in [-0.05, 0) is 41.3 Å². The summed E-state index contributed by atoms with van der Waals surface area (Å²) in [5.74, 6) is -0.208. The number of rotatable bonds is 6. The number of fused-ring (bicyclic) bond motifs is 2. The Bertz CT molecular complexity index is 1500. The molecular weight excluding hydrogens is 438 g/mol. The summed E-state index contributed by atoms with van der Waals surface area (Å²) in [5.41, 5.74) is 4.44. The molecule has 0 aliphatic heterocycles. The lowest BCUT2D eigenvalue weighted by atomic mass is 10.2. The number of benzene rings is 1. The second-order valence-corrected chi connectivity index (χ2v) is 8.83. The first-order chi connectivity index (χ1) is 15.9. The summed E-state index contributed by atoms with van der Waals surface area (Å²) < 4.78 is 1.45. The van der Waals surface area contributed by atoms with E-state index in [2.05, 4.69) is 34.1 Å². The number of carbonyl (C=O) groups excluding carboxylic acids is 1. The Kier molecular flexibility index (Phi) is 5.18. The predicted octanol–water partition coefficient (Wildman–Crippen LogP) is 4.69. The van der Waals surface area contributed by atoms with Gasteiger partial charge in [0.2, 0.25) is 0 Å². The van der Waals surface area contributed by atoms with Crippen molar-refractivity contribution in [3.8, 4) is 11.3 Å². The summed E-state index contributed by atoms with van der Waals surface area (Å²) in [6.07, 6.45) is 1.61. The standard InChI is InChI=1S/C24H21N5O3S/c1-13(2)21-26-17-6-5-14(10-18(17)27-21)11-25-23(30)16-4-3-8-29-20(24(31)32)19(28-22(16)29)15-7-9-33-12-15/h3-10,12-13H,11H2,1-2H3,(H,25,30)(H,26,27)(H,31,32). The number of nitrogens with zero attached hydrogens (tertiary/aromatic N) is 3. The molecule has 0 bridgehead atoms. The number of aromatic carboxylic acids is 1. The van der Waals surface area contributed by atoms with Crippen LogP contribution >= 0.6 is 11.3 Å². The number of carbonyl (C=O) groups is 2. The maximum atomic E-state index is 13.0. The number of aromatic nitrogens is 4. The van der Waals surface area contributed by atoms with Crippen LogP contribution in [0.1, 0.15) is 52.0 Å². The van der Waals surface area contributed by atoms with E-state index in [1.54, 1.807) is 18.3 Å². The minimum atomic E-state index is -1.10. The summed E-state index contributed by atoms with van der Waals surface area (Å²) in [6.45, 7) is 4.47. The van der Waals surface area contributed by atoms with E-state index < -0.39 is 5.97 Å². The van der Waals surface area contributed by atoms with E-state index in [0.29, 0.717) is 34.9 Å². The van der Waals surface area contributed by atoms with Crippen LogP contribution in [0.4, 0.5) is 0 Å². The quantitative estimate of drug-likeness (QED) is 0.341. The fourth-order valence-corrected chi connectivity index (χ4v) is 4.43. The van der Waals surface area contributed by atoms with Crippen LogP contribution in [0.5, 0.6) is 0 Å². The van der Waals surface area contributed by atoms with Gasteiger partial charge in [0, 0.05) is 29.6 Å². The molecule has 5 rings (SSSR count). The minimum absolute atomic E-state index is 0.0312. The summed E-state index contributed by atoms with van der Waals surface area (Å²) in [7, 11) is 0. The SMILES string of the molecule is CC(C)c1nc2ccc(CNC(=O)c3cccn4c(C(=O)O)c(-c5ccsc5)nc34)cc2[nH]1. The van der Waals surface area contributed by atoms with Gasteiger partial charge in [-0.1, -0.05) is 19.9 Å². The Morgan fingerprint density at radius 2 is 2.06 bits per heavy atom. The first-order valence-corrected chi connectivity index (χ1v) is 11.4. The molecule has 0 atom stereocenters. The molecule has 4 heterocycles. The lowest BCUT2D eigenvalue weighted by molar-refractivity contribution is 0.0689. The van der Waals surface area contributed by atoms with Crippen molar-refractivity contribution in [2.75, 3.05) is 0 Å². The van der Waals surface area contributed by atoms with Crippen LogP contribution in [0, 0.1) is 0 Å². The Morgan fingerprint density at radius 1 is 1.21 bits per heavy atom. The summed E-state index contributed by atoms with van der Waals surface area (Å²) in [6, 6.07) is 10.9. The molecule has 0 saturated heterocycles. The zero-order valence-corrected chi connectivity index (χ0v) is 18.8. The van der Waals surface area contributed by atoms with E-state index in [0.717, 1.165) is 22.4 Å². The van der Waals surface area contributed by atoms with Crippen LogP contribution in [0.3, 0.4) is 0 Å². The van der Waals surface area contributed by atoms with Gasteiger partial charge in [0.05, 0.1) is 16.6 Å². The summed E-state index contributed by atoms with van der Waals surface area (Å²) in [5, 5.41) is 16.4. The van der Waals surface area contributed by atoms with Crippen molar-refractivity contribution in [3.63, 3.8) is 0 Å². The highest BCUT2D eigenvalue weighted by atomic mass is 32.1. The van der Waals surface area contributed by atoms with Crippen molar-refractivity contribution in [2.45, 2.75) is 26.3 Å². The largest absolute Gasteiger partial charge is 0.476 e. The van der Waals surface area contributed by atoms with Crippen molar-refractivity contribution in [1.29, 1.82) is 0 Å². The highest BCUT2D eigenvalue weighted by Crippen LogP contribution is 2.28. The Hall–Kier alpha value is -3.98. The number of amides is 1. The lowest BCUT2D eigenvalue weighted by Gasteiger charge is -2.07. The van der Waals surface area contributed by atoms with Crippen molar-refractivity contribution in [2.24, 2.45) is 0 Å². The molecule has 1 aromatic carbocycles. The summed E-state index contributed by atoms with van der Waals surface area (Å²) in [4.78, 5) is 37.4. The molecule has 3 N–H and O–H groups in total. The molecule has 0 unspecified atom stereocenters. The number of H-pyrrole nitrogens is 1. The minimum Gasteiger partial charge on any atom is -0.476 e. The number of nitrogens with one attached hydrogen (secondary N) is 2. The molecule has 9 heteroatoms. The zero-order valence-electron chi connectivity index (χ0n) is 18.0. The van der Waals surface area contributed by atoms with E-state index in [-0.39, 0.29) is 11.6 Å². The monoisotopic (exact) mass is 459 g/mol. The Balaban J connectivity index is 1.45. The zero-order chi connectivity index (χ0) is 23.1. The molecule has 8 nitrogen and oxygen atoms in total. The van der Waals surface area contributed by atoms with Crippen LogP contribution < -0.4 is 5.32 Å². The van der Waals surface area contributed by atoms with Crippen molar-refractivity contribution in [1.82, 2.24) is 24.7 Å². The fourth-order valence-electron chi connectivity index (χ4n) is 3.79. The van der Waals surface area contributed by atoms with E-state index >= 15 is 0 Å². The Morgan fingerprint density at radius 3 is 2.79 bits per heavy atom. The van der Waals surface area contributed by atoms with Crippen LogP contribution in [0.25, 0.3) is 27.9 Å². The molecule has 5 aromatic rings. The van der Waals surface area contributed by atoms with Crippen molar-refractivity contribution < 1.29 is 14.7 Å². The van der Waals surface area contributed by atoms with Crippen molar-refractivity contribution >= 4 is 39.9 Å². The van der Waals surface area contributed by atoms with Crippen LogP contribution in [0.15, 0.2) is 53.4 Å². The molecule has 0 aliphatic rings. The number of thiophene rings is 1. The molecule has 0 aliphatic carbocycles. The number of carboxylic acid groups (broad SMARTS) is 1. The van der Waals surface area contributed by atoms with Gasteiger partial charge in [0.15, 0.2) is 11.3 Å². The van der Waals surface area contributed by atoms with Gasteiger partial charge in [0.25, 0.3) is 5.91 Å². The van der Waals surface area contributed by atoms with Gasteiger partial charge >= 0.3 is 5.97 Å². The van der Waals surface area contributed by atoms with E-state index in [1.807, 2.05) is 35.0 Å². The molecule has 33 heavy (non-hydrogen) atoms. The number of pyridine rings is 1. The smallest absolute Gasteiger partial charge is 0.355 e. The van der Waals surface area contributed by atoms with E-state index in [9.17, 15) is 14.7 Å². The first kappa shape index (κ1) is 20.9. The second kappa shape index (κ2) is 8.18. The fraction of sp³-hybridized carbons (Fsp3) is 0.167. The molecule has 0 radical (unpaired) electrons. The number of aromatic amines is 1. The second-order valence-electron chi connectivity index (χ2n) is 8.05. The number of carboxylic acids is 1. The molecule has 0 spiro atoms. The van der Waals surface area contributed by atoms with E-state index in [4.69, 9.17) is 0 Å². The van der Waals surface area contributed by atoms with Gasteiger partial charge < -0.3 is 15.4 Å². The average Bonchev–Trinajstić information content (AvgIpc) is 3.54. The van der Waals surface area contributed by atoms with Gasteiger partial charge in [0.1, 0.15) is 11.5 Å². The topological polar surface area (TPSA) is 112 Å². The Labute approximate surface area is 192 Å². The van der Waals surface area contributed by atoms with Crippen LogP contribution in [0.2, 0.25) is 0 Å². The van der Waals surface area contributed by atoms with Crippen LogP contribution in [-0.4, -0.2) is 36.3 Å². The normalized spacial score (nSPS) is 11.5. The molecule has 0 saturated carbocycles. The summed E-state index contributed by atoms with van der Waals surface area (Å²) >= 11 is 1.46. The first-order valence-electron chi connectivity index (χ1n) is 10.5. The number of imidazole rings is 2. The van der Waals surface area contributed by atoms with Crippen LogP contribution in [-0.2, 0) is 6.54 Å². The van der Waals surface area contributed by atoms with Gasteiger partial charge in [-0.15, -0.1) is 0 Å². The maximum absolute atomic E-state index is 13.0. The molecule has 0 fully saturated rings. The third-order valence-corrected chi connectivity index (χ3v) is 6.14. The van der Waals surface area contributed by atoms with Gasteiger partial charge in [-0.3, -0.25) is 9.20 Å². The lowest BCUT2D eigenvalue weighted by Crippen LogP contribution is -2.23. The highest BCUT2D eigenvalue weighted by Gasteiger charge is 2.23. The third kappa shape index (κ3) is 3.76. The molecule has 4 aromatic heterocycles. The molecule has 1 amide bonds. The predicted molar refractivity (Wildman–Crippen MR) is 127 cm³/mol.